The number of benzene rings is 1. The minimum absolute atomic E-state index is 0. The van der Waals surface area contributed by atoms with E-state index < -0.39 is 0 Å². The highest BCUT2D eigenvalue weighted by Gasteiger charge is 2.05. The van der Waals surface area contributed by atoms with Gasteiger partial charge in [0.25, 0.3) is 0 Å². The topological polar surface area (TPSA) is 54.2 Å². The van der Waals surface area contributed by atoms with Crippen LogP contribution in [-0.4, -0.2) is 35.4 Å². The molecule has 1 atom stereocenters. The normalized spacial score (nSPS) is 12.4. The molecule has 25 heavy (non-hydrogen) atoms. The lowest BCUT2D eigenvalue weighted by Crippen LogP contribution is -2.42. The van der Waals surface area contributed by atoms with E-state index in [1.807, 2.05) is 17.9 Å². The fourth-order valence-corrected chi connectivity index (χ4v) is 2.57. The first-order valence-electron chi connectivity index (χ1n) is 8.67. The van der Waals surface area contributed by atoms with Crippen molar-refractivity contribution in [2.24, 2.45) is 4.99 Å². The Morgan fingerprint density at radius 1 is 1.28 bits per heavy atom. The van der Waals surface area contributed by atoms with E-state index in [0.29, 0.717) is 6.04 Å². The van der Waals surface area contributed by atoms with Gasteiger partial charge in [-0.2, -0.15) is 5.10 Å². The number of aryl methyl sites for hydroxylation is 3. The minimum atomic E-state index is 0. The van der Waals surface area contributed by atoms with Gasteiger partial charge in [-0.05, 0) is 44.2 Å². The Kier molecular flexibility index (Phi) is 10.2. The number of guanidine groups is 1. The van der Waals surface area contributed by atoms with Crippen LogP contribution in [0.1, 0.15) is 30.9 Å². The monoisotopic (exact) mass is 455 g/mol. The molecular formula is C19H30IN5. The van der Waals surface area contributed by atoms with Crippen molar-refractivity contribution < 1.29 is 0 Å². The van der Waals surface area contributed by atoms with Gasteiger partial charge in [0.15, 0.2) is 5.96 Å². The van der Waals surface area contributed by atoms with Crippen molar-refractivity contribution in [3.63, 3.8) is 0 Å². The average molecular weight is 455 g/mol. The fourth-order valence-electron chi connectivity index (χ4n) is 2.57. The summed E-state index contributed by atoms with van der Waals surface area (Å²) in [6.45, 7) is 6.05. The van der Waals surface area contributed by atoms with Gasteiger partial charge in [-0.1, -0.05) is 30.3 Å². The van der Waals surface area contributed by atoms with Crippen LogP contribution in [0.2, 0.25) is 0 Å². The van der Waals surface area contributed by atoms with Crippen LogP contribution in [-0.2, 0) is 13.0 Å². The molecule has 0 fully saturated rings. The predicted molar refractivity (Wildman–Crippen MR) is 116 cm³/mol. The van der Waals surface area contributed by atoms with Crippen LogP contribution in [0.15, 0.2) is 47.7 Å². The van der Waals surface area contributed by atoms with E-state index in [9.17, 15) is 0 Å². The van der Waals surface area contributed by atoms with E-state index in [4.69, 9.17) is 0 Å². The average Bonchev–Trinajstić information content (AvgIpc) is 3.02. The quantitative estimate of drug-likeness (QED) is 0.278. The molecule has 5 nitrogen and oxygen atoms in total. The van der Waals surface area contributed by atoms with Gasteiger partial charge in [0.2, 0.25) is 0 Å². The van der Waals surface area contributed by atoms with Crippen LogP contribution in [0.5, 0.6) is 0 Å². The van der Waals surface area contributed by atoms with E-state index in [-0.39, 0.29) is 24.0 Å². The molecule has 2 N–H and O–H groups in total. The van der Waals surface area contributed by atoms with Crippen molar-refractivity contribution in [2.45, 2.75) is 45.7 Å². The maximum absolute atomic E-state index is 4.30. The molecule has 0 aliphatic carbocycles. The number of hydrogen-bond donors (Lipinski definition) is 2. The van der Waals surface area contributed by atoms with E-state index in [1.165, 1.54) is 11.1 Å². The summed E-state index contributed by atoms with van der Waals surface area (Å²) >= 11 is 0. The molecule has 0 radical (unpaired) electrons. The Labute approximate surface area is 168 Å². The van der Waals surface area contributed by atoms with Crippen LogP contribution in [0.3, 0.4) is 0 Å². The number of hydrogen-bond acceptors (Lipinski definition) is 2. The lowest BCUT2D eigenvalue weighted by atomic mass is 10.1. The lowest BCUT2D eigenvalue weighted by molar-refractivity contribution is 0.559. The number of halogens is 1. The Morgan fingerprint density at radius 2 is 2.04 bits per heavy atom. The summed E-state index contributed by atoms with van der Waals surface area (Å²) in [5.41, 5.74) is 2.58. The lowest BCUT2D eigenvalue weighted by Gasteiger charge is -2.18. The molecule has 1 aromatic heterocycles. The highest BCUT2D eigenvalue weighted by atomic mass is 127. The number of nitrogens with one attached hydrogen (secondary N) is 2. The highest BCUT2D eigenvalue weighted by molar-refractivity contribution is 14.0. The summed E-state index contributed by atoms with van der Waals surface area (Å²) in [6, 6.07) is 11.0. The molecular weight excluding hydrogens is 425 g/mol. The SMILES string of the molecule is CN=C(NCCCn1cc(C)cn1)NC(C)CCc1ccccc1.I. The Morgan fingerprint density at radius 3 is 2.68 bits per heavy atom. The van der Waals surface area contributed by atoms with Crippen LogP contribution in [0.4, 0.5) is 0 Å². The van der Waals surface area contributed by atoms with Gasteiger partial charge in [-0.3, -0.25) is 9.67 Å². The molecule has 2 aromatic rings. The standard InChI is InChI=1S/C19H29N5.HI/c1-16-14-22-24(15-16)13-7-12-21-19(20-3)23-17(2)10-11-18-8-5-4-6-9-18;/h4-6,8-9,14-15,17H,7,10-13H2,1-3H3,(H2,20,21,23);1H. The molecule has 0 spiro atoms. The van der Waals surface area contributed by atoms with Gasteiger partial charge in [0.1, 0.15) is 0 Å². The third-order valence-electron chi connectivity index (χ3n) is 3.93. The maximum atomic E-state index is 4.30. The molecule has 1 heterocycles. The maximum Gasteiger partial charge on any atom is 0.191 e. The van der Waals surface area contributed by atoms with Crippen molar-refractivity contribution in [2.75, 3.05) is 13.6 Å². The Bertz CT molecular complexity index is 624. The van der Waals surface area contributed by atoms with Crippen molar-refractivity contribution in [3.05, 3.63) is 53.9 Å². The van der Waals surface area contributed by atoms with E-state index >= 15 is 0 Å². The Balaban J connectivity index is 0.00000312. The van der Waals surface area contributed by atoms with Crippen LogP contribution in [0, 0.1) is 6.92 Å². The van der Waals surface area contributed by atoms with Gasteiger partial charge in [-0.25, -0.2) is 0 Å². The third-order valence-corrected chi connectivity index (χ3v) is 3.93. The molecule has 1 unspecified atom stereocenters. The van der Waals surface area contributed by atoms with Crippen LogP contribution < -0.4 is 10.6 Å². The summed E-state index contributed by atoms with van der Waals surface area (Å²) in [6.07, 6.45) is 7.13. The van der Waals surface area contributed by atoms with Gasteiger partial charge in [-0.15, -0.1) is 24.0 Å². The van der Waals surface area contributed by atoms with Gasteiger partial charge in [0, 0.05) is 32.4 Å². The fraction of sp³-hybridized carbons (Fsp3) is 0.474. The van der Waals surface area contributed by atoms with Crippen molar-refractivity contribution >= 4 is 29.9 Å². The summed E-state index contributed by atoms with van der Waals surface area (Å²) in [5.74, 6) is 0.868. The van der Waals surface area contributed by atoms with Gasteiger partial charge >= 0.3 is 0 Å². The first kappa shape index (κ1) is 21.5. The van der Waals surface area contributed by atoms with Crippen molar-refractivity contribution in [3.8, 4) is 0 Å². The number of nitrogens with zero attached hydrogens (tertiary/aromatic N) is 3. The molecule has 138 valence electrons. The minimum Gasteiger partial charge on any atom is -0.356 e. The van der Waals surface area contributed by atoms with E-state index in [2.05, 4.69) is 71.1 Å². The van der Waals surface area contributed by atoms with Gasteiger partial charge in [0.05, 0.1) is 6.20 Å². The van der Waals surface area contributed by atoms with Crippen LogP contribution in [0.25, 0.3) is 0 Å². The molecule has 0 saturated carbocycles. The molecule has 2 rings (SSSR count). The molecule has 0 aliphatic rings. The van der Waals surface area contributed by atoms with E-state index in [1.54, 1.807) is 0 Å². The number of rotatable bonds is 8. The van der Waals surface area contributed by atoms with Crippen molar-refractivity contribution in [1.29, 1.82) is 0 Å². The second kappa shape index (κ2) is 11.9. The van der Waals surface area contributed by atoms with E-state index in [0.717, 1.165) is 38.3 Å². The molecule has 0 bridgehead atoms. The largest absolute Gasteiger partial charge is 0.356 e. The zero-order valence-corrected chi connectivity index (χ0v) is 17.7. The number of aromatic nitrogens is 2. The molecule has 0 amide bonds. The predicted octanol–water partition coefficient (Wildman–Crippen LogP) is 3.39. The number of aliphatic imine (C=N–C) groups is 1. The first-order valence-corrected chi connectivity index (χ1v) is 8.67. The smallest absolute Gasteiger partial charge is 0.191 e. The van der Waals surface area contributed by atoms with Crippen molar-refractivity contribution in [1.82, 2.24) is 20.4 Å². The summed E-state index contributed by atoms with van der Waals surface area (Å²) in [5, 5.41) is 11.1. The zero-order chi connectivity index (χ0) is 17.2. The second-order valence-electron chi connectivity index (χ2n) is 6.20. The highest BCUT2D eigenvalue weighted by Crippen LogP contribution is 2.04. The first-order chi connectivity index (χ1) is 11.7. The third kappa shape index (κ3) is 8.38. The molecule has 6 heteroatoms. The second-order valence-corrected chi connectivity index (χ2v) is 6.20. The molecule has 1 aromatic carbocycles. The molecule has 0 saturated heterocycles. The Hall–Kier alpha value is -1.57. The summed E-state index contributed by atoms with van der Waals surface area (Å²) < 4.78 is 1.98. The van der Waals surface area contributed by atoms with Crippen LogP contribution >= 0.6 is 24.0 Å². The van der Waals surface area contributed by atoms with Gasteiger partial charge < -0.3 is 10.6 Å². The summed E-state index contributed by atoms with van der Waals surface area (Å²) in [7, 11) is 1.82. The zero-order valence-electron chi connectivity index (χ0n) is 15.4. The molecule has 0 aliphatic heterocycles. The summed E-state index contributed by atoms with van der Waals surface area (Å²) in [4.78, 5) is 4.30.